The summed E-state index contributed by atoms with van der Waals surface area (Å²) in [6, 6.07) is 33.0. The molecule has 0 atom stereocenters. The molecule has 1 fully saturated rings. The first-order chi connectivity index (χ1) is 21.5. The molecule has 5 aromatic rings. The van der Waals surface area contributed by atoms with Crippen LogP contribution in [0, 0.1) is 0 Å². The SMILES string of the molecule is CC(=O)N1/C(=C/c2cc(-c3cccc(-c4ccccc4)c3)c3cc(C(=O)N4CCOCC4)ccc3n2)C(=O)c2ccccc21. The molecule has 7 heteroatoms. The van der Waals surface area contributed by atoms with Gasteiger partial charge in [0.25, 0.3) is 5.91 Å². The van der Waals surface area contributed by atoms with E-state index in [0.717, 1.165) is 27.6 Å². The smallest absolute Gasteiger partial charge is 0.254 e. The second kappa shape index (κ2) is 11.4. The van der Waals surface area contributed by atoms with Crippen LogP contribution in [0.15, 0.2) is 109 Å². The maximum absolute atomic E-state index is 13.5. The molecule has 0 N–H and O–H groups in total. The fourth-order valence-electron chi connectivity index (χ4n) is 5.98. The number of para-hydroxylation sites is 1. The van der Waals surface area contributed by atoms with Gasteiger partial charge < -0.3 is 9.64 Å². The van der Waals surface area contributed by atoms with Crippen LogP contribution in [0.4, 0.5) is 5.69 Å². The van der Waals surface area contributed by atoms with E-state index in [-0.39, 0.29) is 23.3 Å². The molecule has 0 aliphatic carbocycles. The molecular formula is C37H29N3O4. The summed E-state index contributed by atoms with van der Waals surface area (Å²) in [5, 5.41) is 0.820. The summed E-state index contributed by atoms with van der Waals surface area (Å²) in [6.07, 6.45) is 1.68. The van der Waals surface area contributed by atoms with Crippen LogP contribution >= 0.6 is 0 Å². The highest BCUT2D eigenvalue weighted by Crippen LogP contribution is 2.37. The Bertz CT molecular complexity index is 1980. The number of pyridine rings is 1. The summed E-state index contributed by atoms with van der Waals surface area (Å²) >= 11 is 0. The number of morpholine rings is 1. The number of ketones is 1. The van der Waals surface area contributed by atoms with Crippen molar-refractivity contribution < 1.29 is 19.1 Å². The lowest BCUT2D eigenvalue weighted by molar-refractivity contribution is -0.116. The fourth-order valence-corrected chi connectivity index (χ4v) is 5.98. The zero-order chi connectivity index (χ0) is 30.2. The lowest BCUT2D eigenvalue weighted by Crippen LogP contribution is -2.40. The van der Waals surface area contributed by atoms with Gasteiger partial charge in [-0.15, -0.1) is 0 Å². The van der Waals surface area contributed by atoms with E-state index in [0.29, 0.717) is 54.3 Å². The molecule has 1 aromatic heterocycles. The van der Waals surface area contributed by atoms with Gasteiger partial charge in [0.05, 0.1) is 35.8 Å². The van der Waals surface area contributed by atoms with E-state index in [1.54, 1.807) is 30.3 Å². The van der Waals surface area contributed by atoms with E-state index in [2.05, 4.69) is 24.3 Å². The second-order valence-electron chi connectivity index (χ2n) is 10.9. The van der Waals surface area contributed by atoms with Crippen molar-refractivity contribution in [1.29, 1.82) is 0 Å². The molecule has 1 saturated heterocycles. The second-order valence-corrected chi connectivity index (χ2v) is 10.9. The molecule has 2 aliphatic rings. The van der Waals surface area contributed by atoms with Crippen LogP contribution in [0.3, 0.4) is 0 Å². The van der Waals surface area contributed by atoms with Crippen molar-refractivity contribution in [2.45, 2.75) is 6.92 Å². The summed E-state index contributed by atoms with van der Waals surface area (Å²) < 4.78 is 5.44. The molecule has 0 unspecified atom stereocenters. The number of carbonyl (C=O) groups excluding carboxylic acids is 3. The molecule has 7 rings (SSSR count). The minimum atomic E-state index is -0.252. The van der Waals surface area contributed by atoms with Crippen molar-refractivity contribution in [3.05, 3.63) is 126 Å². The minimum Gasteiger partial charge on any atom is -0.378 e. The molecule has 0 saturated carbocycles. The van der Waals surface area contributed by atoms with Crippen LogP contribution in [-0.4, -0.2) is 53.8 Å². The van der Waals surface area contributed by atoms with Gasteiger partial charge in [0.2, 0.25) is 11.7 Å². The lowest BCUT2D eigenvalue weighted by Gasteiger charge is -2.27. The molecule has 3 heterocycles. The van der Waals surface area contributed by atoms with E-state index < -0.39 is 0 Å². The Morgan fingerprint density at radius 1 is 0.773 bits per heavy atom. The molecule has 44 heavy (non-hydrogen) atoms. The number of aromatic nitrogens is 1. The molecular weight excluding hydrogens is 550 g/mol. The Morgan fingerprint density at radius 3 is 2.30 bits per heavy atom. The molecule has 0 radical (unpaired) electrons. The first-order valence-electron chi connectivity index (χ1n) is 14.6. The molecule has 4 aromatic carbocycles. The van der Waals surface area contributed by atoms with E-state index >= 15 is 0 Å². The number of amides is 2. The number of Topliss-reactive ketones (excluding diaryl/α,β-unsaturated/α-hetero) is 1. The average Bonchev–Trinajstić information content (AvgIpc) is 3.35. The third-order valence-electron chi connectivity index (χ3n) is 8.12. The largest absolute Gasteiger partial charge is 0.378 e. The highest BCUT2D eigenvalue weighted by atomic mass is 16.5. The number of benzene rings is 4. The van der Waals surface area contributed by atoms with Crippen molar-refractivity contribution in [2.75, 3.05) is 31.2 Å². The van der Waals surface area contributed by atoms with Crippen molar-refractivity contribution in [2.24, 2.45) is 0 Å². The number of nitrogens with zero attached hydrogens (tertiary/aromatic N) is 3. The predicted molar refractivity (Wildman–Crippen MR) is 171 cm³/mol. The molecule has 0 spiro atoms. The number of rotatable bonds is 4. The van der Waals surface area contributed by atoms with Gasteiger partial charge in [-0.3, -0.25) is 19.3 Å². The maximum atomic E-state index is 13.5. The van der Waals surface area contributed by atoms with E-state index in [1.807, 2.05) is 59.5 Å². The molecule has 2 amide bonds. The summed E-state index contributed by atoms with van der Waals surface area (Å²) in [5.41, 5.74) is 7.05. The molecule has 2 aliphatic heterocycles. The van der Waals surface area contributed by atoms with Crippen LogP contribution in [0.2, 0.25) is 0 Å². The number of anilines is 1. The highest BCUT2D eigenvalue weighted by Gasteiger charge is 2.34. The summed E-state index contributed by atoms with van der Waals surface area (Å²) in [7, 11) is 0. The van der Waals surface area contributed by atoms with Gasteiger partial charge in [0, 0.05) is 36.5 Å². The average molecular weight is 580 g/mol. The quantitative estimate of drug-likeness (QED) is 0.223. The third-order valence-corrected chi connectivity index (χ3v) is 8.12. The van der Waals surface area contributed by atoms with Gasteiger partial charge in [0.15, 0.2) is 0 Å². The zero-order valence-electron chi connectivity index (χ0n) is 24.2. The summed E-state index contributed by atoms with van der Waals surface area (Å²) in [4.78, 5) is 47.8. The van der Waals surface area contributed by atoms with Gasteiger partial charge >= 0.3 is 0 Å². The van der Waals surface area contributed by atoms with Gasteiger partial charge in [-0.25, -0.2) is 4.98 Å². The predicted octanol–water partition coefficient (Wildman–Crippen LogP) is 6.63. The van der Waals surface area contributed by atoms with Crippen molar-refractivity contribution >= 4 is 40.3 Å². The van der Waals surface area contributed by atoms with E-state index in [1.165, 1.54) is 11.8 Å². The van der Waals surface area contributed by atoms with Crippen LogP contribution in [0.1, 0.15) is 33.3 Å². The summed E-state index contributed by atoms with van der Waals surface area (Å²) in [6.45, 7) is 3.60. The Kier molecular flexibility index (Phi) is 7.08. The summed E-state index contributed by atoms with van der Waals surface area (Å²) in [5.74, 6) is -0.522. The zero-order valence-corrected chi connectivity index (χ0v) is 24.2. The van der Waals surface area contributed by atoms with Crippen molar-refractivity contribution in [3.63, 3.8) is 0 Å². The fraction of sp³-hybridized carbons (Fsp3) is 0.135. The highest BCUT2D eigenvalue weighted by molar-refractivity contribution is 6.26. The number of hydrogen-bond acceptors (Lipinski definition) is 5. The topological polar surface area (TPSA) is 79.8 Å². The van der Waals surface area contributed by atoms with Crippen molar-refractivity contribution in [1.82, 2.24) is 9.88 Å². The van der Waals surface area contributed by atoms with Gasteiger partial charge in [-0.05, 0) is 70.8 Å². The van der Waals surface area contributed by atoms with Gasteiger partial charge in [0.1, 0.15) is 0 Å². The number of fused-ring (bicyclic) bond motifs is 2. The van der Waals surface area contributed by atoms with Crippen LogP contribution in [-0.2, 0) is 9.53 Å². The Hall–Kier alpha value is -5.40. The minimum absolute atomic E-state index is 0.0446. The van der Waals surface area contributed by atoms with E-state index in [9.17, 15) is 14.4 Å². The normalized spacial score (nSPS) is 15.6. The molecule has 7 nitrogen and oxygen atoms in total. The van der Waals surface area contributed by atoms with E-state index in [4.69, 9.17) is 9.72 Å². The third kappa shape index (κ3) is 4.97. The van der Waals surface area contributed by atoms with Crippen LogP contribution in [0.25, 0.3) is 39.2 Å². The van der Waals surface area contributed by atoms with Crippen LogP contribution in [0.5, 0.6) is 0 Å². The van der Waals surface area contributed by atoms with Crippen molar-refractivity contribution in [3.8, 4) is 22.3 Å². The maximum Gasteiger partial charge on any atom is 0.254 e. The lowest BCUT2D eigenvalue weighted by atomic mass is 9.95. The molecule has 0 bridgehead atoms. The monoisotopic (exact) mass is 579 g/mol. The number of carbonyl (C=O) groups is 3. The standard InChI is InChI=1S/C37H29N3O4/c1-24(41)40-34-13-6-5-12-30(34)36(42)35(40)23-29-22-31(27-11-7-10-26(20-27)25-8-3-2-4-9-25)32-21-28(14-15-33(32)38-29)37(43)39-16-18-44-19-17-39/h2-15,20-23H,16-19H2,1H3/b35-23+. The number of hydrogen-bond donors (Lipinski definition) is 0. The first-order valence-corrected chi connectivity index (χ1v) is 14.6. The van der Waals surface area contributed by atoms with Crippen LogP contribution < -0.4 is 4.90 Å². The van der Waals surface area contributed by atoms with Gasteiger partial charge in [-0.2, -0.15) is 0 Å². The Labute approximate surface area is 255 Å². The Balaban J connectivity index is 1.39. The van der Waals surface area contributed by atoms with Gasteiger partial charge in [-0.1, -0.05) is 60.7 Å². The number of allylic oxidation sites excluding steroid dienone is 1. The molecule has 216 valence electrons. The number of ether oxygens (including phenoxy) is 1. The first kappa shape index (κ1) is 27.4. The Morgan fingerprint density at radius 2 is 1.50 bits per heavy atom.